The third kappa shape index (κ3) is 5.75. The molecule has 1 aliphatic rings. The molecule has 0 aliphatic carbocycles. The Balaban J connectivity index is 2.10. The van der Waals surface area contributed by atoms with Gasteiger partial charge in [-0.25, -0.2) is 13.2 Å². The van der Waals surface area contributed by atoms with Crippen LogP contribution in [0.15, 0.2) is 23.1 Å². The zero-order valence-corrected chi connectivity index (χ0v) is 16.7. The lowest BCUT2D eigenvalue weighted by Gasteiger charge is -2.26. The second kappa shape index (κ2) is 9.29. The van der Waals surface area contributed by atoms with Crippen LogP contribution in [0.1, 0.15) is 29.8 Å². The predicted molar refractivity (Wildman–Crippen MR) is 98.9 cm³/mol. The van der Waals surface area contributed by atoms with Gasteiger partial charge in [-0.1, -0.05) is 19.9 Å². The van der Waals surface area contributed by atoms with Crippen LogP contribution >= 0.6 is 0 Å². The molecule has 1 aromatic rings. The normalized spacial score (nSPS) is 15.6. The van der Waals surface area contributed by atoms with Crippen molar-refractivity contribution in [2.45, 2.75) is 25.7 Å². The smallest absolute Gasteiger partial charge is 0.338 e. The van der Waals surface area contributed by atoms with E-state index in [0.29, 0.717) is 25.3 Å². The van der Waals surface area contributed by atoms with Gasteiger partial charge in [0.2, 0.25) is 10.0 Å². The van der Waals surface area contributed by atoms with Crippen LogP contribution in [-0.4, -0.2) is 64.1 Å². The summed E-state index contributed by atoms with van der Waals surface area (Å²) in [5.41, 5.74) is 0.699. The Labute approximate surface area is 159 Å². The first kappa shape index (κ1) is 21.3. The van der Waals surface area contributed by atoms with Gasteiger partial charge in [0.25, 0.3) is 5.91 Å². The number of nitrogens with one attached hydrogen (secondary N) is 1. The molecule has 0 aromatic heterocycles. The number of amides is 1. The zero-order chi connectivity index (χ0) is 20.0. The summed E-state index contributed by atoms with van der Waals surface area (Å²) in [6, 6.07) is 4.32. The van der Waals surface area contributed by atoms with Crippen LogP contribution < -0.4 is 5.32 Å². The largest absolute Gasteiger partial charge is 0.452 e. The number of sulfonamides is 1. The first-order valence-electron chi connectivity index (χ1n) is 8.84. The third-order valence-corrected chi connectivity index (χ3v) is 5.97. The molecule has 1 aromatic carbocycles. The van der Waals surface area contributed by atoms with E-state index >= 15 is 0 Å². The number of esters is 1. The number of aryl methyl sites for hydroxylation is 1. The number of benzene rings is 1. The van der Waals surface area contributed by atoms with E-state index in [1.165, 1.54) is 16.4 Å². The zero-order valence-electron chi connectivity index (χ0n) is 15.9. The molecule has 8 nitrogen and oxygen atoms in total. The van der Waals surface area contributed by atoms with Gasteiger partial charge < -0.3 is 14.8 Å². The molecule has 0 bridgehead atoms. The van der Waals surface area contributed by atoms with Gasteiger partial charge in [0.15, 0.2) is 6.61 Å². The van der Waals surface area contributed by atoms with Crippen LogP contribution in [0, 0.1) is 12.8 Å². The number of ether oxygens (including phenoxy) is 2. The molecule has 1 N–H and O–H groups in total. The summed E-state index contributed by atoms with van der Waals surface area (Å²) in [7, 11) is -3.72. The van der Waals surface area contributed by atoms with E-state index in [1.54, 1.807) is 13.0 Å². The van der Waals surface area contributed by atoms with Crippen molar-refractivity contribution in [3.05, 3.63) is 29.3 Å². The Bertz CT molecular complexity index is 785. The Morgan fingerprint density at radius 2 is 1.93 bits per heavy atom. The number of rotatable bonds is 7. The van der Waals surface area contributed by atoms with Crippen molar-refractivity contribution in [1.82, 2.24) is 9.62 Å². The second-order valence-electron chi connectivity index (χ2n) is 6.77. The van der Waals surface area contributed by atoms with Gasteiger partial charge in [-0.3, -0.25) is 4.79 Å². The average molecular weight is 398 g/mol. The number of morpholine rings is 1. The lowest BCUT2D eigenvalue weighted by atomic mass is 10.1. The van der Waals surface area contributed by atoms with E-state index < -0.39 is 28.5 Å². The molecule has 0 spiro atoms. The van der Waals surface area contributed by atoms with Crippen LogP contribution in [0.3, 0.4) is 0 Å². The topological polar surface area (TPSA) is 102 Å². The molecule has 27 heavy (non-hydrogen) atoms. The average Bonchev–Trinajstić information content (AvgIpc) is 2.65. The SMILES string of the molecule is Cc1ccc(S(=O)(=O)N2CCOCC2)cc1C(=O)OCC(=O)NCC(C)C. The highest BCUT2D eigenvalue weighted by Crippen LogP contribution is 2.21. The maximum Gasteiger partial charge on any atom is 0.338 e. The van der Waals surface area contributed by atoms with Crippen molar-refractivity contribution < 1.29 is 27.5 Å². The minimum Gasteiger partial charge on any atom is -0.452 e. The fourth-order valence-electron chi connectivity index (χ4n) is 2.50. The Morgan fingerprint density at radius 1 is 1.26 bits per heavy atom. The monoisotopic (exact) mass is 398 g/mol. The van der Waals surface area contributed by atoms with Crippen molar-refractivity contribution in [2.24, 2.45) is 5.92 Å². The molecule has 0 unspecified atom stereocenters. The summed E-state index contributed by atoms with van der Waals surface area (Å²) >= 11 is 0. The van der Waals surface area contributed by atoms with Gasteiger partial charge in [0.05, 0.1) is 23.7 Å². The van der Waals surface area contributed by atoms with Crippen molar-refractivity contribution in [2.75, 3.05) is 39.5 Å². The van der Waals surface area contributed by atoms with E-state index in [9.17, 15) is 18.0 Å². The van der Waals surface area contributed by atoms with Gasteiger partial charge in [-0.2, -0.15) is 4.31 Å². The molecule has 0 saturated carbocycles. The van der Waals surface area contributed by atoms with E-state index in [0.717, 1.165) is 0 Å². The Hall–Kier alpha value is -1.97. The molecule has 0 atom stereocenters. The highest BCUT2D eigenvalue weighted by molar-refractivity contribution is 7.89. The minimum absolute atomic E-state index is 0.0196. The fourth-order valence-corrected chi connectivity index (χ4v) is 3.93. The molecular weight excluding hydrogens is 372 g/mol. The molecule has 150 valence electrons. The minimum atomic E-state index is -3.72. The summed E-state index contributed by atoms with van der Waals surface area (Å²) in [6.45, 7) is 6.88. The quantitative estimate of drug-likeness (QED) is 0.686. The summed E-state index contributed by atoms with van der Waals surface area (Å²) < 4.78 is 37.0. The van der Waals surface area contributed by atoms with Crippen LogP contribution in [-0.2, 0) is 24.3 Å². The van der Waals surface area contributed by atoms with Crippen molar-refractivity contribution in [3.8, 4) is 0 Å². The number of carbonyl (C=O) groups is 2. The maximum atomic E-state index is 12.7. The van der Waals surface area contributed by atoms with Gasteiger partial charge in [0.1, 0.15) is 0 Å². The van der Waals surface area contributed by atoms with Gasteiger partial charge in [-0.15, -0.1) is 0 Å². The lowest BCUT2D eigenvalue weighted by molar-refractivity contribution is -0.124. The predicted octanol–water partition coefficient (Wildman–Crippen LogP) is 0.945. The van der Waals surface area contributed by atoms with E-state index in [2.05, 4.69) is 5.32 Å². The van der Waals surface area contributed by atoms with Crippen molar-refractivity contribution in [1.29, 1.82) is 0 Å². The van der Waals surface area contributed by atoms with E-state index in [4.69, 9.17) is 9.47 Å². The molecule has 1 saturated heterocycles. The summed E-state index contributed by atoms with van der Waals surface area (Å²) in [5.74, 6) is -0.841. The molecule has 1 fully saturated rings. The highest BCUT2D eigenvalue weighted by Gasteiger charge is 2.27. The highest BCUT2D eigenvalue weighted by atomic mass is 32.2. The molecular formula is C18H26N2O6S. The van der Waals surface area contributed by atoms with E-state index in [1.807, 2.05) is 13.8 Å². The number of hydrogen-bond acceptors (Lipinski definition) is 6. The van der Waals surface area contributed by atoms with Crippen LogP contribution in [0.4, 0.5) is 0 Å². The Kier molecular flexibility index (Phi) is 7.34. The first-order valence-corrected chi connectivity index (χ1v) is 10.3. The number of carbonyl (C=O) groups excluding carboxylic acids is 2. The van der Waals surface area contributed by atoms with Crippen LogP contribution in [0.2, 0.25) is 0 Å². The summed E-state index contributed by atoms with van der Waals surface area (Å²) in [4.78, 5) is 24.1. The van der Waals surface area contributed by atoms with Gasteiger partial charge in [0, 0.05) is 19.6 Å². The Morgan fingerprint density at radius 3 is 2.56 bits per heavy atom. The van der Waals surface area contributed by atoms with Crippen molar-refractivity contribution in [3.63, 3.8) is 0 Å². The van der Waals surface area contributed by atoms with Crippen LogP contribution in [0.25, 0.3) is 0 Å². The molecule has 9 heteroatoms. The first-order chi connectivity index (χ1) is 12.7. The molecule has 1 heterocycles. The van der Waals surface area contributed by atoms with Gasteiger partial charge >= 0.3 is 5.97 Å². The molecule has 0 radical (unpaired) electrons. The number of nitrogens with zero attached hydrogens (tertiary/aromatic N) is 1. The lowest BCUT2D eigenvalue weighted by Crippen LogP contribution is -2.40. The standard InChI is InChI=1S/C18H26N2O6S/c1-13(2)11-19-17(21)12-26-18(22)16-10-15(5-4-14(16)3)27(23,24)20-6-8-25-9-7-20/h4-5,10,13H,6-9,11-12H2,1-3H3,(H,19,21). The van der Waals surface area contributed by atoms with E-state index in [-0.39, 0.29) is 29.5 Å². The summed E-state index contributed by atoms with van der Waals surface area (Å²) in [6.07, 6.45) is 0. The third-order valence-electron chi connectivity index (χ3n) is 4.08. The molecule has 1 aliphatic heterocycles. The molecule has 1 amide bonds. The second-order valence-corrected chi connectivity index (χ2v) is 8.71. The maximum absolute atomic E-state index is 12.7. The summed E-state index contributed by atoms with van der Waals surface area (Å²) in [5, 5.41) is 2.65. The van der Waals surface area contributed by atoms with Gasteiger partial charge in [-0.05, 0) is 30.5 Å². The number of hydrogen-bond donors (Lipinski definition) is 1. The fraction of sp³-hybridized carbons (Fsp3) is 0.556. The van der Waals surface area contributed by atoms with Crippen molar-refractivity contribution >= 4 is 21.9 Å². The van der Waals surface area contributed by atoms with Crippen LogP contribution in [0.5, 0.6) is 0 Å². The molecule has 2 rings (SSSR count).